The lowest BCUT2D eigenvalue weighted by Gasteiger charge is -2.35. The minimum Gasteiger partial charge on any atom is -0.353 e. The fraction of sp³-hybridized carbons (Fsp3) is 0.933. The fourth-order valence-corrected chi connectivity index (χ4v) is 3.35. The van der Waals surface area contributed by atoms with Gasteiger partial charge in [0.05, 0.1) is 0 Å². The molecule has 0 aromatic carbocycles. The summed E-state index contributed by atoms with van der Waals surface area (Å²) in [5.74, 6) is 1.56. The minimum absolute atomic E-state index is 0. The second-order valence-corrected chi connectivity index (χ2v) is 6.55. The van der Waals surface area contributed by atoms with Gasteiger partial charge in [0.2, 0.25) is 5.91 Å². The Morgan fingerprint density at radius 2 is 1.70 bits per heavy atom. The molecule has 3 rings (SSSR count). The van der Waals surface area contributed by atoms with Crippen LogP contribution in [0.25, 0.3) is 0 Å². The molecule has 1 saturated carbocycles. The molecule has 116 valence electrons. The van der Waals surface area contributed by atoms with Crippen molar-refractivity contribution in [3.8, 4) is 0 Å². The van der Waals surface area contributed by atoms with Crippen molar-refractivity contribution < 1.29 is 4.79 Å². The number of nitrogens with one attached hydrogen (secondary N) is 2. The molecule has 3 aliphatic rings. The Kier molecular flexibility index (Phi) is 6.12. The maximum Gasteiger partial charge on any atom is 0.223 e. The van der Waals surface area contributed by atoms with Gasteiger partial charge in [-0.15, -0.1) is 12.4 Å². The first-order valence-electron chi connectivity index (χ1n) is 8.05. The summed E-state index contributed by atoms with van der Waals surface area (Å²) in [4.78, 5) is 14.3. The lowest BCUT2D eigenvalue weighted by atomic mass is 9.96. The summed E-state index contributed by atoms with van der Waals surface area (Å²) >= 11 is 0. The quantitative estimate of drug-likeness (QED) is 0.825. The smallest absolute Gasteiger partial charge is 0.223 e. The Labute approximate surface area is 128 Å². The molecule has 0 aromatic rings. The lowest BCUT2D eigenvalue weighted by Crippen LogP contribution is -2.46. The number of carbonyl (C=O) groups excluding carboxylic acids is 1. The Hall–Kier alpha value is -0.320. The molecule has 1 aliphatic carbocycles. The third kappa shape index (κ3) is 4.61. The molecule has 0 radical (unpaired) electrons. The SMILES string of the molecule is Cl.O=C(NC1CCN(CC2CCNCC2)CC1)C1CC1. The molecule has 0 bridgehead atoms. The topological polar surface area (TPSA) is 44.4 Å². The van der Waals surface area contributed by atoms with Crippen molar-refractivity contribution in [3.63, 3.8) is 0 Å². The van der Waals surface area contributed by atoms with Crippen LogP contribution in [0.5, 0.6) is 0 Å². The monoisotopic (exact) mass is 301 g/mol. The molecule has 0 aromatic heterocycles. The summed E-state index contributed by atoms with van der Waals surface area (Å²) in [6.07, 6.45) is 7.17. The number of likely N-dealkylation sites (tertiary alicyclic amines) is 1. The fourth-order valence-electron chi connectivity index (χ4n) is 3.35. The van der Waals surface area contributed by atoms with Crippen molar-refractivity contribution >= 4 is 18.3 Å². The van der Waals surface area contributed by atoms with Gasteiger partial charge in [-0.25, -0.2) is 0 Å². The molecule has 2 aliphatic heterocycles. The first-order chi connectivity index (χ1) is 9.31. The number of carbonyl (C=O) groups is 1. The zero-order chi connectivity index (χ0) is 13.1. The van der Waals surface area contributed by atoms with Crippen LogP contribution in [0.2, 0.25) is 0 Å². The number of halogens is 1. The van der Waals surface area contributed by atoms with E-state index in [1.807, 2.05) is 0 Å². The highest BCUT2D eigenvalue weighted by molar-refractivity contribution is 5.85. The minimum atomic E-state index is 0. The highest BCUT2D eigenvalue weighted by Gasteiger charge is 2.32. The van der Waals surface area contributed by atoms with Gasteiger partial charge in [0.1, 0.15) is 0 Å². The Bertz CT molecular complexity index is 308. The predicted molar refractivity (Wildman–Crippen MR) is 83.2 cm³/mol. The molecule has 2 N–H and O–H groups in total. The van der Waals surface area contributed by atoms with E-state index in [1.165, 1.54) is 45.6 Å². The highest BCUT2D eigenvalue weighted by Crippen LogP contribution is 2.29. The number of nitrogens with zero attached hydrogens (tertiary/aromatic N) is 1. The Morgan fingerprint density at radius 3 is 2.30 bits per heavy atom. The normalized spacial score (nSPS) is 26.0. The van der Waals surface area contributed by atoms with Crippen molar-refractivity contribution in [1.29, 1.82) is 0 Å². The molecule has 5 heteroatoms. The van der Waals surface area contributed by atoms with Crippen LogP contribution < -0.4 is 10.6 Å². The number of rotatable bonds is 4. The van der Waals surface area contributed by atoms with Crippen molar-refractivity contribution in [2.24, 2.45) is 11.8 Å². The van der Waals surface area contributed by atoms with E-state index in [1.54, 1.807) is 0 Å². The summed E-state index contributed by atoms with van der Waals surface area (Å²) < 4.78 is 0. The predicted octanol–water partition coefficient (Wildman–Crippen LogP) is 1.40. The third-order valence-corrected chi connectivity index (χ3v) is 4.86. The molecular formula is C15H28ClN3O. The first kappa shape index (κ1) is 16.1. The standard InChI is InChI=1S/C15H27N3O.ClH/c19-15(13-1-2-13)17-14-5-9-18(10-6-14)11-12-3-7-16-8-4-12;/h12-14,16H,1-11H2,(H,17,19);1H. The highest BCUT2D eigenvalue weighted by atomic mass is 35.5. The second-order valence-electron chi connectivity index (χ2n) is 6.55. The maximum absolute atomic E-state index is 11.7. The summed E-state index contributed by atoms with van der Waals surface area (Å²) in [5, 5.41) is 6.66. The van der Waals surface area contributed by atoms with Gasteiger partial charge in [-0.1, -0.05) is 0 Å². The number of amides is 1. The summed E-state index contributed by atoms with van der Waals surface area (Å²) in [5.41, 5.74) is 0. The van der Waals surface area contributed by atoms with Gasteiger partial charge in [-0.2, -0.15) is 0 Å². The van der Waals surface area contributed by atoms with Crippen LogP contribution in [0, 0.1) is 11.8 Å². The Balaban J connectivity index is 0.00000147. The number of piperidine rings is 2. The van der Waals surface area contributed by atoms with Crippen molar-refractivity contribution in [2.75, 3.05) is 32.7 Å². The molecule has 0 atom stereocenters. The van der Waals surface area contributed by atoms with Crippen molar-refractivity contribution in [1.82, 2.24) is 15.5 Å². The molecular weight excluding hydrogens is 274 g/mol. The van der Waals surface area contributed by atoms with E-state index < -0.39 is 0 Å². The largest absolute Gasteiger partial charge is 0.353 e. The second kappa shape index (κ2) is 7.62. The number of hydrogen-bond donors (Lipinski definition) is 2. The van der Waals surface area contributed by atoms with E-state index in [2.05, 4.69) is 15.5 Å². The molecule has 4 nitrogen and oxygen atoms in total. The zero-order valence-corrected chi connectivity index (χ0v) is 13.1. The van der Waals surface area contributed by atoms with Crippen LogP contribution in [0.3, 0.4) is 0 Å². The van der Waals surface area contributed by atoms with Gasteiger partial charge in [-0.3, -0.25) is 4.79 Å². The average Bonchev–Trinajstić information content (AvgIpc) is 3.27. The molecule has 0 spiro atoms. The summed E-state index contributed by atoms with van der Waals surface area (Å²) in [6, 6.07) is 0.442. The van der Waals surface area contributed by atoms with Crippen LogP contribution >= 0.6 is 12.4 Å². The lowest BCUT2D eigenvalue weighted by molar-refractivity contribution is -0.123. The van der Waals surface area contributed by atoms with Crippen molar-refractivity contribution in [3.05, 3.63) is 0 Å². The van der Waals surface area contributed by atoms with Gasteiger partial charge in [0.25, 0.3) is 0 Å². The number of hydrogen-bond acceptors (Lipinski definition) is 3. The molecule has 3 fully saturated rings. The zero-order valence-electron chi connectivity index (χ0n) is 12.3. The van der Waals surface area contributed by atoms with Crippen LogP contribution in [-0.4, -0.2) is 49.6 Å². The molecule has 2 heterocycles. The van der Waals surface area contributed by atoms with Crippen LogP contribution in [-0.2, 0) is 4.79 Å². The molecule has 1 amide bonds. The molecule has 20 heavy (non-hydrogen) atoms. The first-order valence-corrected chi connectivity index (χ1v) is 8.05. The van der Waals surface area contributed by atoms with E-state index in [0.29, 0.717) is 17.9 Å². The molecule has 2 saturated heterocycles. The van der Waals surface area contributed by atoms with Gasteiger partial charge >= 0.3 is 0 Å². The van der Waals surface area contributed by atoms with Gasteiger partial charge in [0.15, 0.2) is 0 Å². The van der Waals surface area contributed by atoms with E-state index in [-0.39, 0.29) is 12.4 Å². The van der Waals surface area contributed by atoms with E-state index in [9.17, 15) is 4.79 Å². The van der Waals surface area contributed by atoms with Gasteiger partial charge < -0.3 is 15.5 Å². The van der Waals surface area contributed by atoms with Crippen LogP contribution in [0.4, 0.5) is 0 Å². The van der Waals surface area contributed by atoms with Crippen molar-refractivity contribution in [2.45, 2.75) is 44.6 Å². The van der Waals surface area contributed by atoms with E-state index in [0.717, 1.165) is 31.6 Å². The summed E-state index contributed by atoms with van der Waals surface area (Å²) in [7, 11) is 0. The van der Waals surface area contributed by atoms with Crippen LogP contribution in [0.15, 0.2) is 0 Å². The van der Waals surface area contributed by atoms with E-state index >= 15 is 0 Å². The van der Waals surface area contributed by atoms with Gasteiger partial charge in [-0.05, 0) is 57.5 Å². The summed E-state index contributed by atoms with van der Waals surface area (Å²) in [6.45, 7) is 5.99. The molecule has 0 unspecified atom stereocenters. The van der Waals surface area contributed by atoms with Gasteiger partial charge in [0, 0.05) is 31.6 Å². The Morgan fingerprint density at radius 1 is 1.05 bits per heavy atom. The van der Waals surface area contributed by atoms with Crippen LogP contribution in [0.1, 0.15) is 38.5 Å². The maximum atomic E-state index is 11.7. The average molecular weight is 302 g/mol. The van der Waals surface area contributed by atoms with E-state index in [4.69, 9.17) is 0 Å². The third-order valence-electron chi connectivity index (χ3n) is 4.86.